The summed E-state index contributed by atoms with van der Waals surface area (Å²) in [6.45, 7) is -0.0738. The summed E-state index contributed by atoms with van der Waals surface area (Å²) in [4.78, 5) is 4.41. The number of aliphatic hydroxyl groups is 1. The van der Waals surface area contributed by atoms with Crippen LogP contribution in [0.3, 0.4) is 0 Å². The molecule has 0 aliphatic heterocycles. The van der Waals surface area contributed by atoms with Crippen LogP contribution in [0, 0.1) is 0 Å². The Morgan fingerprint density at radius 1 is 0.895 bits per heavy atom. The van der Waals surface area contributed by atoms with Gasteiger partial charge in [0.25, 0.3) is 0 Å². The van der Waals surface area contributed by atoms with E-state index >= 15 is 0 Å². The zero-order valence-electron chi connectivity index (χ0n) is 10.3. The highest BCUT2D eigenvalue weighted by Gasteiger charge is 2.05. The molecule has 0 aliphatic rings. The minimum atomic E-state index is -0.0738. The molecule has 94 valence electrons. The lowest BCUT2D eigenvalue weighted by Crippen LogP contribution is -1.92. The summed E-state index contributed by atoms with van der Waals surface area (Å²) in [5, 5.41) is 10.2. The van der Waals surface area contributed by atoms with Crippen LogP contribution in [0.1, 0.15) is 5.69 Å². The fourth-order valence-electron chi connectivity index (χ4n) is 1.95. The Kier molecular flexibility index (Phi) is 3.12. The minimum absolute atomic E-state index is 0.0738. The van der Waals surface area contributed by atoms with Crippen molar-refractivity contribution in [3.05, 3.63) is 66.4 Å². The molecule has 1 aromatic heterocycles. The van der Waals surface area contributed by atoms with Crippen molar-refractivity contribution in [2.24, 2.45) is 0 Å². The fourth-order valence-corrected chi connectivity index (χ4v) is 1.95. The van der Waals surface area contributed by atoms with Crippen LogP contribution < -0.4 is 4.74 Å². The maximum Gasteiger partial charge on any atom is 0.153 e. The highest BCUT2D eigenvalue weighted by atomic mass is 16.5. The Balaban J connectivity index is 2.07. The van der Waals surface area contributed by atoms with Crippen LogP contribution in [-0.4, -0.2) is 10.1 Å². The fraction of sp³-hybridized carbons (Fsp3) is 0.0625. The average Bonchev–Trinajstić information content (AvgIpc) is 2.48. The molecule has 0 saturated carbocycles. The Morgan fingerprint density at radius 2 is 1.74 bits per heavy atom. The molecule has 0 radical (unpaired) electrons. The second-order valence-corrected chi connectivity index (χ2v) is 4.20. The highest BCUT2D eigenvalue weighted by molar-refractivity contribution is 5.84. The number of nitrogens with zero attached hydrogens (tertiary/aromatic N) is 1. The predicted molar refractivity (Wildman–Crippen MR) is 74.2 cm³/mol. The minimum Gasteiger partial charge on any atom is -0.455 e. The van der Waals surface area contributed by atoms with Gasteiger partial charge in [-0.2, -0.15) is 0 Å². The molecule has 0 amide bonds. The monoisotopic (exact) mass is 251 g/mol. The second kappa shape index (κ2) is 5.08. The lowest BCUT2D eigenvalue weighted by atomic mass is 10.2. The molecule has 19 heavy (non-hydrogen) atoms. The van der Waals surface area contributed by atoms with Gasteiger partial charge in [0.15, 0.2) is 5.75 Å². The summed E-state index contributed by atoms with van der Waals surface area (Å²) in [6.07, 6.45) is 0. The molecule has 0 spiro atoms. The van der Waals surface area contributed by atoms with Gasteiger partial charge in [-0.3, -0.25) is 0 Å². The molecule has 2 aromatic carbocycles. The molecule has 3 rings (SSSR count). The topological polar surface area (TPSA) is 42.4 Å². The number of ether oxygens (including phenoxy) is 1. The van der Waals surface area contributed by atoms with Crippen molar-refractivity contribution >= 4 is 10.9 Å². The number of hydrogen-bond donors (Lipinski definition) is 1. The number of rotatable bonds is 3. The van der Waals surface area contributed by atoms with Crippen molar-refractivity contribution in [2.45, 2.75) is 6.61 Å². The predicted octanol–water partition coefficient (Wildman–Crippen LogP) is 3.52. The highest BCUT2D eigenvalue weighted by Crippen LogP contribution is 2.28. The number of benzene rings is 2. The van der Waals surface area contributed by atoms with Crippen molar-refractivity contribution < 1.29 is 9.84 Å². The van der Waals surface area contributed by atoms with Crippen molar-refractivity contribution in [3.8, 4) is 11.5 Å². The number of aromatic nitrogens is 1. The number of fused-ring (bicyclic) bond motifs is 1. The molecule has 3 heteroatoms. The third-order valence-corrected chi connectivity index (χ3v) is 2.87. The van der Waals surface area contributed by atoms with E-state index in [-0.39, 0.29) is 6.61 Å². The Hall–Kier alpha value is -2.39. The normalized spacial score (nSPS) is 10.6. The summed E-state index contributed by atoms with van der Waals surface area (Å²) < 4.78 is 5.85. The van der Waals surface area contributed by atoms with E-state index in [1.807, 2.05) is 60.7 Å². The Morgan fingerprint density at radius 3 is 2.53 bits per heavy atom. The molecule has 0 bridgehead atoms. The van der Waals surface area contributed by atoms with Crippen molar-refractivity contribution in [2.75, 3.05) is 0 Å². The molecule has 0 fully saturated rings. The first kappa shape index (κ1) is 11.7. The summed E-state index contributed by atoms with van der Waals surface area (Å²) >= 11 is 0. The molecule has 3 nitrogen and oxygen atoms in total. The summed E-state index contributed by atoms with van der Waals surface area (Å²) in [5.74, 6) is 1.46. The first-order valence-electron chi connectivity index (χ1n) is 6.09. The number of pyridine rings is 1. The standard InChI is InChI=1S/C16H13NO2/c18-11-13-10-9-12-5-4-8-15(16(12)17-13)19-14-6-2-1-3-7-14/h1-10,18H,11H2. The molecule has 0 saturated heterocycles. The van der Waals surface area contributed by atoms with Gasteiger partial charge in [-0.05, 0) is 24.3 Å². The smallest absolute Gasteiger partial charge is 0.153 e. The quantitative estimate of drug-likeness (QED) is 0.774. The third kappa shape index (κ3) is 2.41. The van der Waals surface area contributed by atoms with Gasteiger partial charge in [-0.1, -0.05) is 36.4 Å². The van der Waals surface area contributed by atoms with Gasteiger partial charge in [0.1, 0.15) is 11.3 Å². The van der Waals surface area contributed by atoms with E-state index in [9.17, 15) is 5.11 Å². The zero-order chi connectivity index (χ0) is 13.1. The van der Waals surface area contributed by atoms with Crippen LogP contribution in [0.15, 0.2) is 60.7 Å². The Labute approximate surface area is 111 Å². The molecule has 0 atom stereocenters. The van der Waals surface area contributed by atoms with Gasteiger partial charge in [-0.15, -0.1) is 0 Å². The lowest BCUT2D eigenvalue weighted by Gasteiger charge is -2.09. The van der Waals surface area contributed by atoms with Crippen molar-refractivity contribution in [1.82, 2.24) is 4.98 Å². The molecule has 0 aliphatic carbocycles. The van der Waals surface area contributed by atoms with Crippen molar-refractivity contribution in [3.63, 3.8) is 0 Å². The number of aliphatic hydroxyl groups excluding tert-OH is 1. The number of para-hydroxylation sites is 2. The Bertz CT molecular complexity index is 695. The first-order chi connectivity index (χ1) is 9.36. The summed E-state index contributed by atoms with van der Waals surface area (Å²) in [5.41, 5.74) is 1.40. The molecule has 3 aromatic rings. The summed E-state index contributed by atoms with van der Waals surface area (Å²) in [6, 6.07) is 19.1. The van der Waals surface area contributed by atoms with Gasteiger partial charge in [0, 0.05) is 5.39 Å². The van der Waals surface area contributed by atoms with Gasteiger partial charge in [-0.25, -0.2) is 4.98 Å². The van der Waals surface area contributed by atoms with E-state index in [0.29, 0.717) is 11.4 Å². The average molecular weight is 251 g/mol. The molecular weight excluding hydrogens is 238 g/mol. The van der Waals surface area contributed by atoms with Crippen LogP contribution in [0.25, 0.3) is 10.9 Å². The van der Waals surface area contributed by atoms with Crippen LogP contribution >= 0.6 is 0 Å². The maximum absolute atomic E-state index is 9.17. The molecular formula is C16H13NO2. The van der Waals surface area contributed by atoms with E-state index < -0.39 is 0 Å². The molecule has 1 heterocycles. The summed E-state index contributed by atoms with van der Waals surface area (Å²) in [7, 11) is 0. The van der Waals surface area contributed by atoms with E-state index in [1.165, 1.54) is 0 Å². The van der Waals surface area contributed by atoms with Crippen molar-refractivity contribution in [1.29, 1.82) is 0 Å². The van der Waals surface area contributed by atoms with Gasteiger partial charge in [0.2, 0.25) is 0 Å². The van der Waals surface area contributed by atoms with Crippen LogP contribution in [0.5, 0.6) is 11.5 Å². The molecule has 1 N–H and O–H groups in total. The number of hydrogen-bond acceptors (Lipinski definition) is 3. The van der Waals surface area contributed by atoms with E-state index in [4.69, 9.17) is 4.74 Å². The van der Waals surface area contributed by atoms with E-state index in [2.05, 4.69) is 4.98 Å². The van der Waals surface area contributed by atoms with Crippen LogP contribution in [0.2, 0.25) is 0 Å². The third-order valence-electron chi connectivity index (χ3n) is 2.87. The van der Waals surface area contributed by atoms with Gasteiger partial charge in [0.05, 0.1) is 12.3 Å². The van der Waals surface area contributed by atoms with Gasteiger partial charge < -0.3 is 9.84 Å². The SMILES string of the molecule is OCc1ccc2cccc(Oc3ccccc3)c2n1. The van der Waals surface area contributed by atoms with Crippen LogP contribution in [-0.2, 0) is 6.61 Å². The maximum atomic E-state index is 9.17. The second-order valence-electron chi connectivity index (χ2n) is 4.20. The largest absolute Gasteiger partial charge is 0.455 e. The van der Waals surface area contributed by atoms with E-state index in [1.54, 1.807) is 0 Å². The molecule has 0 unspecified atom stereocenters. The van der Waals surface area contributed by atoms with E-state index in [0.717, 1.165) is 16.7 Å². The van der Waals surface area contributed by atoms with Crippen LogP contribution in [0.4, 0.5) is 0 Å². The first-order valence-corrected chi connectivity index (χ1v) is 6.09. The lowest BCUT2D eigenvalue weighted by molar-refractivity contribution is 0.277. The zero-order valence-corrected chi connectivity index (χ0v) is 10.3. The van der Waals surface area contributed by atoms with Gasteiger partial charge >= 0.3 is 0 Å².